The number of rotatable bonds is 52. The Hall–Kier alpha value is -8.58. The van der Waals surface area contributed by atoms with Crippen molar-refractivity contribution in [2.75, 3.05) is 110 Å². The van der Waals surface area contributed by atoms with Crippen LogP contribution in [0.1, 0.15) is 245 Å². The first-order chi connectivity index (χ1) is 63.7. The van der Waals surface area contributed by atoms with Crippen LogP contribution in [0.5, 0.6) is 46.0 Å². The standard InChI is InChI=1S/C33H42O8.C31H43FO4.C25H36O8S.C17H28O3S/c1-7-22(2)23-8-10-24(11-9-23)33(35)41-13-12-40-32-29(20-38-5)16-26(17-30(32)21-39-6)25-14-27(18-36-3)31(34)28(15-25)19-37-4;1-3-31(2,32)26-14-16-29(17-15-26)34-20-23-18-24(21-35-27-10-6-4-7-11-27)30(33)25(19-23)22-36-28-12-8-5-9-13-28;1-7-18(2)34(26,27)22-10-8-21(9-11-22)32-12-13-33-25-20(16-29-4)14-19(15-28-3)24(31-6)23(25)17-30-5;1-6-14(3)21-8-7-20-17-15(11-18-4)9-13(2)10-16(17)12-19-5/h8-11,14-17,22,34H,7,12-13,18-21H2,1-6H3;14-19,27-28,33H,3-13,20-22H2,1-2H3;8-11,14,18H,7,12-13,15-17H2,1-6H3;9-10,14H,6-8,11-12H2,1-5H3. The number of sulfone groups is 1. The molecule has 8 aromatic rings. The third kappa shape index (κ3) is 34.6. The quantitative estimate of drug-likeness (QED) is 0.0265. The van der Waals surface area contributed by atoms with Crippen molar-refractivity contribution in [2.45, 2.75) is 271 Å². The molecule has 4 unspecified atom stereocenters. The van der Waals surface area contributed by atoms with Crippen molar-refractivity contribution in [3.05, 3.63) is 216 Å². The monoisotopic (exact) mass is 1870 g/mol. The molecule has 0 radical (unpaired) electrons. The second kappa shape index (κ2) is 59.3. The number of ether oxygens (including phenoxy) is 18. The molecule has 2 N–H and O–H groups in total. The molecular weight excluding hydrogens is 1720 g/mol. The van der Waals surface area contributed by atoms with Crippen LogP contribution < -0.4 is 28.4 Å². The van der Waals surface area contributed by atoms with Crippen LogP contribution in [-0.2, 0) is 152 Å². The van der Waals surface area contributed by atoms with E-state index in [1.165, 1.54) is 56.1 Å². The summed E-state index contributed by atoms with van der Waals surface area (Å²) in [5.74, 6) is 5.57. The van der Waals surface area contributed by atoms with Gasteiger partial charge in [-0.25, -0.2) is 17.6 Å². The average molecular weight is 1870 g/mol. The molecule has 0 spiro atoms. The minimum absolute atomic E-state index is 0.0886. The van der Waals surface area contributed by atoms with E-state index in [0.717, 1.165) is 110 Å². The van der Waals surface area contributed by atoms with E-state index in [-0.39, 0.29) is 69.3 Å². The molecule has 730 valence electrons. The highest BCUT2D eigenvalue weighted by Crippen LogP contribution is 2.41. The van der Waals surface area contributed by atoms with Gasteiger partial charge in [0.15, 0.2) is 9.84 Å². The van der Waals surface area contributed by atoms with Crippen LogP contribution in [0.4, 0.5) is 4.39 Å². The highest BCUT2D eigenvalue weighted by molar-refractivity contribution is 7.99. The minimum Gasteiger partial charge on any atom is -0.507 e. The van der Waals surface area contributed by atoms with E-state index >= 15 is 0 Å². The molecule has 26 heteroatoms. The largest absolute Gasteiger partial charge is 0.507 e. The molecule has 132 heavy (non-hydrogen) atoms. The Labute approximate surface area is 790 Å². The molecule has 0 heterocycles. The number of carbonyl (C=O) groups is 1. The Morgan fingerprint density at radius 1 is 0.439 bits per heavy atom. The summed E-state index contributed by atoms with van der Waals surface area (Å²) < 4.78 is 141. The zero-order chi connectivity index (χ0) is 96.0. The second-order valence-electron chi connectivity index (χ2n) is 33.7. The third-order valence-electron chi connectivity index (χ3n) is 23.6. The molecule has 2 aliphatic carbocycles. The number of benzene rings is 8. The van der Waals surface area contributed by atoms with Gasteiger partial charge in [0, 0.05) is 131 Å². The van der Waals surface area contributed by atoms with Crippen molar-refractivity contribution < 1.29 is 113 Å². The summed E-state index contributed by atoms with van der Waals surface area (Å²) >= 11 is 1.95. The summed E-state index contributed by atoms with van der Waals surface area (Å²) in [7, 11) is 13.0. The predicted octanol–water partition coefficient (Wildman–Crippen LogP) is 23.0. The lowest BCUT2D eigenvalue weighted by Crippen LogP contribution is -2.17. The first-order valence-corrected chi connectivity index (χ1v) is 48.8. The lowest BCUT2D eigenvalue weighted by molar-refractivity contribution is 0.0127. The number of thioether (sulfide) groups is 1. The topological polar surface area (TPSA) is 258 Å². The summed E-state index contributed by atoms with van der Waals surface area (Å²) in [6.45, 7) is 23.8. The normalized spacial score (nSPS) is 14.1. The van der Waals surface area contributed by atoms with Crippen molar-refractivity contribution in [1.82, 2.24) is 0 Å². The molecule has 10 rings (SSSR count). The van der Waals surface area contributed by atoms with Gasteiger partial charge in [0.05, 0.1) is 120 Å². The van der Waals surface area contributed by atoms with Gasteiger partial charge in [-0.3, -0.25) is 0 Å². The summed E-state index contributed by atoms with van der Waals surface area (Å²) in [5, 5.41) is 22.0. The molecule has 23 nitrogen and oxygen atoms in total. The van der Waals surface area contributed by atoms with Crippen molar-refractivity contribution in [3.63, 3.8) is 0 Å². The average Bonchev–Trinajstić information content (AvgIpc) is 0.793. The van der Waals surface area contributed by atoms with Gasteiger partial charge in [-0.2, -0.15) is 11.8 Å². The highest BCUT2D eigenvalue weighted by Gasteiger charge is 2.28. The second-order valence-corrected chi connectivity index (χ2v) is 37.6. The van der Waals surface area contributed by atoms with Crippen molar-refractivity contribution in [1.29, 1.82) is 0 Å². The van der Waals surface area contributed by atoms with Gasteiger partial charge in [-0.1, -0.05) is 122 Å². The minimum atomic E-state index is -3.33. The predicted molar refractivity (Wildman–Crippen MR) is 518 cm³/mol. The fraction of sp³-hybridized carbons (Fsp3) is 0.538. The Morgan fingerprint density at radius 3 is 1.30 bits per heavy atom. The van der Waals surface area contributed by atoms with Gasteiger partial charge >= 0.3 is 5.97 Å². The van der Waals surface area contributed by atoms with Crippen LogP contribution >= 0.6 is 11.8 Å². The van der Waals surface area contributed by atoms with Gasteiger partial charge in [-0.15, -0.1) is 0 Å². The fourth-order valence-electron chi connectivity index (χ4n) is 15.6. The molecular formula is C106H149FO23S2. The molecule has 0 aromatic heterocycles. The lowest BCUT2D eigenvalue weighted by Gasteiger charge is -2.24. The summed E-state index contributed by atoms with van der Waals surface area (Å²) in [6, 6.07) is 39.2. The SMILES string of the molecule is CCC(C)(F)c1ccc(OCc2cc(COC3CCCCC3)c(O)c(COC3CCCCC3)c2)cc1.CCC(C)S(=O)(=O)c1ccc(OCCOc2c(COC)cc(COC)c(OC)c2COC)cc1.CCC(C)SCCOc1c(COC)cc(C)cc1COC.CCC(C)c1ccc(C(=O)OCCOc2c(COC)cc(-c3cc(COC)c(O)c(COC)c3)cc2COC)cc1. The number of halogens is 1. The molecule has 2 fully saturated rings. The molecule has 8 aromatic carbocycles. The highest BCUT2D eigenvalue weighted by atomic mass is 32.2. The first-order valence-electron chi connectivity index (χ1n) is 46.2. The van der Waals surface area contributed by atoms with Crippen LogP contribution in [0.25, 0.3) is 11.1 Å². The van der Waals surface area contributed by atoms with Crippen molar-refractivity contribution >= 4 is 27.6 Å². The number of phenolic OH excluding ortho intramolecular Hbond substituents is 2. The maximum Gasteiger partial charge on any atom is 0.338 e. The molecule has 0 amide bonds. The number of aryl methyl sites for hydroxylation is 1. The van der Waals surface area contributed by atoms with E-state index in [4.69, 9.17) is 85.3 Å². The van der Waals surface area contributed by atoms with E-state index in [9.17, 15) is 27.8 Å². The van der Waals surface area contributed by atoms with Gasteiger partial charge in [0.1, 0.15) is 84.7 Å². The number of phenols is 2. The molecule has 4 atom stereocenters. The zero-order valence-electron chi connectivity index (χ0n) is 81.8. The number of hydrogen-bond acceptors (Lipinski definition) is 24. The zero-order valence-corrected chi connectivity index (χ0v) is 83.4. The van der Waals surface area contributed by atoms with E-state index in [1.807, 2.05) is 92.3 Å². The maximum absolute atomic E-state index is 14.6. The van der Waals surface area contributed by atoms with Crippen LogP contribution in [0.15, 0.2) is 132 Å². The Kier molecular flexibility index (Phi) is 49.6. The third-order valence-corrected chi connectivity index (χ3v) is 27.2. The first kappa shape index (κ1) is 110. The Balaban J connectivity index is 0.000000246. The van der Waals surface area contributed by atoms with Crippen LogP contribution in [0.2, 0.25) is 0 Å². The lowest BCUT2D eigenvalue weighted by atomic mass is 9.95. The molecule has 2 saturated carbocycles. The number of methoxy groups -OCH3 is 10. The maximum atomic E-state index is 14.6. The van der Waals surface area contributed by atoms with E-state index in [1.54, 1.807) is 133 Å². The smallest absolute Gasteiger partial charge is 0.338 e. The molecule has 0 aliphatic heterocycles. The Morgan fingerprint density at radius 2 is 0.848 bits per heavy atom. The van der Waals surface area contributed by atoms with E-state index in [0.29, 0.717) is 153 Å². The van der Waals surface area contributed by atoms with Gasteiger partial charge in [0.25, 0.3) is 0 Å². The van der Waals surface area contributed by atoms with Crippen molar-refractivity contribution in [2.24, 2.45) is 0 Å². The number of alkyl halides is 1. The summed E-state index contributed by atoms with van der Waals surface area (Å²) in [4.78, 5) is 12.9. The van der Waals surface area contributed by atoms with Crippen LogP contribution in [0.3, 0.4) is 0 Å². The number of hydrogen-bond donors (Lipinski definition) is 2. The fourth-order valence-corrected chi connectivity index (χ4v) is 17.9. The molecule has 0 bridgehead atoms. The van der Waals surface area contributed by atoms with Crippen molar-refractivity contribution in [3.8, 4) is 57.1 Å². The summed E-state index contributed by atoms with van der Waals surface area (Å²) in [6.07, 6.45) is 15.5. The van der Waals surface area contributed by atoms with Gasteiger partial charge in [-0.05, 0) is 197 Å². The number of aromatic hydroxyl groups is 2. The summed E-state index contributed by atoms with van der Waals surface area (Å²) in [5.41, 5.74) is 14.2. The van der Waals surface area contributed by atoms with E-state index in [2.05, 4.69) is 46.8 Å². The molecule has 2 aliphatic rings. The van der Waals surface area contributed by atoms with Crippen LogP contribution in [0, 0.1) is 6.92 Å². The Bertz CT molecular complexity index is 4680. The van der Waals surface area contributed by atoms with Crippen LogP contribution in [-0.4, -0.2) is 157 Å². The molecule has 0 saturated heterocycles. The van der Waals surface area contributed by atoms with Gasteiger partial charge < -0.3 is 95.5 Å². The van der Waals surface area contributed by atoms with E-state index < -0.39 is 20.8 Å². The number of carbonyl (C=O) groups excluding carboxylic acids is 1. The van der Waals surface area contributed by atoms with Gasteiger partial charge in [0.2, 0.25) is 0 Å². The number of esters is 1.